The Hall–Kier alpha value is -1.36. The number of nitrogens with one attached hydrogen (secondary N) is 1. The summed E-state index contributed by atoms with van der Waals surface area (Å²) in [6.45, 7) is 1.85. The Balaban J connectivity index is 2.72. The molecule has 0 unspecified atom stereocenters. The summed E-state index contributed by atoms with van der Waals surface area (Å²) >= 11 is 3.34. The lowest BCUT2D eigenvalue weighted by molar-refractivity contribution is 0.0691. The van der Waals surface area contributed by atoms with Crippen LogP contribution >= 0.6 is 15.9 Å². The number of rotatable bonds is 1. The second-order valence-corrected chi connectivity index (χ2v) is 3.84. The first-order valence-corrected chi connectivity index (χ1v) is 4.76. The number of carbonyl (C=O) groups is 1. The predicted octanol–water partition coefficient (Wildman–Crippen LogP) is 2.33. The number of pyridine rings is 1. The molecule has 2 N–H and O–H groups in total. The number of hydrogen-bond acceptors (Lipinski definition) is 2. The van der Waals surface area contributed by atoms with Gasteiger partial charge in [-0.05, 0) is 35.0 Å². The molecule has 0 saturated heterocycles. The van der Waals surface area contributed by atoms with Crippen molar-refractivity contribution in [2.45, 2.75) is 6.92 Å². The van der Waals surface area contributed by atoms with Crippen LogP contribution < -0.4 is 0 Å². The van der Waals surface area contributed by atoms with Crippen LogP contribution in [0.25, 0.3) is 11.0 Å². The topological polar surface area (TPSA) is 66.0 Å². The molecular formula is C9H7BrN2O2. The summed E-state index contributed by atoms with van der Waals surface area (Å²) in [7, 11) is 0. The van der Waals surface area contributed by atoms with Crippen molar-refractivity contribution in [3.05, 3.63) is 28.0 Å². The molecule has 0 fully saturated rings. The van der Waals surface area contributed by atoms with Gasteiger partial charge in [0.05, 0.1) is 5.69 Å². The number of carboxylic acids is 1. The maximum absolute atomic E-state index is 10.7. The average molecular weight is 255 g/mol. The molecule has 0 aliphatic carbocycles. The lowest BCUT2D eigenvalue weighted by atomic mass is 10.3. The molecule has 0 saturated carbocycles. The molecule has 72 valence electrons. The molecule has 2 rings (SSSR count). The quantitative estimate of drug-likeness (QED) is 0.821. The highest BCUT2D eigenvalue weighted by atomic mass is 79.9. The lowest BCUT2D eigenvalue weighted by Crippen LogP contribution is -1.95. The molecular weight excluding hydrogens is 248 g/mol. The molecule has 2 aromatic rings. The van der Waals surface area contributed by atoms with E-state index in [0.29, 0.717) is 5.65 Å². The van der Waals surface area contributed by atoms with E-state index >= 15 is 0 Å². The largest absolute Gasteiger partial charge is 0.477 e. The molecule has 0 amide bonds. The minimum atomic E-state index is -0.975. The van der Waals surface area contributed by atoms with E-state index in [2.05, 4.69) is 25.9 Å². The second-order valence-electron chi connectivity index (χ2n) is 2.98. The lowest BCUT2D eigenvalue weighted by Gasteiger charge is -1.95. The van der Waals surface area contributed by atoms with Gasteiger partial charge in [0, 0.05) is 9.86 Å². The monoisotopic (exact) mass is 254 g/mol. The number of hydrogen-bond donors (Lipinski definition) is 2. The standard InChI is InChI=1S/C9H7BrN2O2/c1-4-6(10)2-5-3-7(9(13)14)12-8(5)11-4/h2-3H,1H3,(H,11,12)(H,13,14). The first-order chi connectivity index (χ1) is 6.58. The summed E-state index contributed by atoms with van der Waals surface area (Å²) in [5.74, 6) is -0.975. The van der Waals surface area contributed by atoms with Crippen molar-refractivity contribution in [1.82, 2.24) is 9.97 Å². The Morgan fingerprint density at radius 2 is 2.29 bits per heavy atom. The molecule has 2 aromatic heterocycles. The Kier molecular flexibility index (Phi) is 2.03. The van der Waals surface area contributed by atoms with Gasteiger partial charge in [0.1, 0.15) is 11.3 Å². The fourth-order valence-corrected chi connectivity index (χ4v) is 1.57. The smallest absolute Gasteiger partial charge is 0.352 e. The number of aromatic nitrogens is 2. The van der Waals surface area contributed by atoms with Gasteiger partial charge in [0.25, 0.3) is 0 Å². The van der Waals surface area contributed by atoms with E-state index in [0.717, 1.165) is 15.6 Å². The highest BCUT2D eigenvalue weighted by molar-refractivity contribution is 9.10. The van der Waals surface area contributed by atoms with Crippen LogP contribution in [0.3, 0.4) is 0 Å². The van der Waals surface area contributed by atoms with Gasteiger partial charge >= 0.3 is 5.97 Å². The highest BCUT2D eigenvalue weighted by Gasteiger charge is 2.09. The van der Waals surface area contributed by atoms with Gasteiger partial charge in [-0.1, -0.05) is 0 Å². The summed E-state index contributed by atoms with van der Waals surface area (Å²) in [4.78, 5) is 17.6. The van der Waals surface area contributed by atoms with Crippen molar-refractivity contribution >= 4 is 32.9 Å². The summed E-state index contributed by atoms with van der Waals surface area (Å²) < 4.78 is 0.876. The van der Waals surface area contributed by atoms with Crippen molar-refractivity contribution in [2.75, 3.05) is 0 Å². The number of fused-ring (bicyclic) bond motifs is 1. The van der Waals surface area contributed by atoms with E-state index in [1.54, 1.807) is 6.07 Å². The van der Waals surface area contributed by atoms with E-state index in [-0.39, 0.29) is 5.69 Å². The molecule has 0 aromatic carbocycles. The van der Waals surface area contributed by atoms with Crippen molar-refractivity contribution in [3.63, 3.8) is 0 Å². The number of carboxylic acid groups (broad SMARTS) is 1. The minimum Gasteiger partial charge on any atom is -0.477 e. The zero-order chi connectivity index (χ0) is 10.3. The molecule has 0 radical (unpaired) electrons. The first kappa shape index (κ1) is 9.21. The van der Waals surface area contributed by atoms with Gasteiger partial charge < -0.3 is 10.1 Å². The van der Waals surface area contributed by atoms with E-state index in [1.807, 2.05) is 13.0 Å². The van der Waals surface area contributed by atoms with Gasteiger partial charge in [-0.3, -0.25) is 0 Å². The van der Waals surface area contributed by atoms with E-state index in [4.69, 9.17) is 5.11 Å². The Labute approximate surface area is 88.1 Å². The SMILES string of the molecule is Cc1nc2[nH]c(C(=O)O)cc2cc1Br. The summed E-state index contributed by atoms with van der Waals surface area (Å²) in [6.07, 6.45) is 0. The van der Waals surface area contributed by atoms with Gasteiger partial charge in [-0.15, -0.1) is 0 Å². The molecule has 4 nitrogen and oxygen atoms in total. The number of aryl methyl sites for hydroxylation is 1. The molecule has 0 atom stereocenters. The maximum Gasteiger partial charge on any atom is 0.352 e. The number of aromatic carboxylic acids is 1. The molecule has 0 spiro atoms. The van der Waals surface area contributed by atoms with E-state index < -0.39 is 5.97 Å². The van der Waals surface area contributed by atoms with Crippen molar-refractivity contribution in [3.8, 4) is 0 Å². The third-order valence-corrected chi connectivity index (χ3v) is 2.77. The predicted molar refractivity (Wildman–Crippen MR) is 55.5 cm³/mol. The van der Waals surface area contributed by atoms with Crippen LogP contribution in [0.2, 0.25) is 0 Å². The number of halogens is 1. The van der Waals surface area contributed by atoms with Crippen molar-refractivity contribution in [2.24, 2.45) is 0 Å². The van der Waals surface area contributed by atoms with Crippen LogP contribution in [0.5, 0.6) is 0 Å². The van der Waals surface area contributed by atoms with Crippen LogP contribution in [-0.2, 0) is 0 Å². The zero-order valence-corrected chi connectivity index (χ0v) is 8.92. The molecule has 2 heterocycles. The van der Waals surface area contributed by atoms with Crippen molar-refractivity contribution < 1.29 is 9.90 Å². The molecule has 0 aliphatic rings. The van der Waals surface area contributed by atoms with Gasteiger partial charge in [0.15, 0.2) is 0 Å². The van der Waals surface area contributed by atoms with Gasteiger partial charge in [-0.25, -0.2) is 9.78 Å². The first-order valence-electron chi connectivity index (χ1n) is 3.97. The van der Waals surface area contributed by atoms with Crippen LogP contribution in [0, 0.1) is 6.92 Å². The Morgan fingerprint density at radius 1 is 1.57 bits per heavy atom. The summed E-state index contributed by atoms with van der Waals surface area (Å²) in [5, 5.41) is 9.55. The molecule has 0 bridgehead atoms. The third kappa shape index (κ3) is 1.39. The normalized spacial score (nSPS) is 10.7. The summed E-state index contributed by atoms with van der Waals surface area (Å²) in [6, 6.07) is 3.41. The van der Waals surface area contributed by atoms with Crippen LogP contribution in [0.1, 0.15) is 16.2 Å². The minimum absolute atomic E-state index is 0.157. The van der Waals surface area contributed by atoms with Crippen molar-refractivity contribution in [1.29, 1.82) is 0 Å². The average Bonchev–Trinajstić information content (AvgIpc) is 2.48. The van der Waals surface area contributed by atoms with Crippen LogP contribution in [-0.4, -0.2) is 21.0 Å². The zero-order valence-electron chi connectivity index (χ0n) is 7.34. The summed E-state index contributed by atoms with van der Waals surface area (Å²) in [5.41, 5.74) is 1.59. The third-order valence-electron chi connectivity index (χ3n) is 1.96. The molecule has 5 heteroatoms. The number of H-pyrrole nitrogens is 1. The second kappa shape index (κ2) is 3.09. The molecule has 0 aliphatic heterocycles. The fourth-order valence-electron chi connectivity index (χ4n) is 1.24. The van der Waals surface area contributed by atoms with Gasteiger partial charge in [0.2, 0.25) is 0 Å². The number of nitrogens with zero attached hydrogens (tertiary/aromatic N) is 1. The number of aromatic amines is 1. The van der Waals surface area contributed by atoms with Gasteiger partial charge in [-0.2, -0.15) is 0 Å². The van der Waals surface area contributed by atoms with E-state index in [9.17, 15) is 4.79 Å². The van der Waals surface area contributed by atoms with Crippen LogP contribution in [0.4, 0.5) is 0 Å². The van der Waals surface area contributed by atoms with Crippen LogP contribution in [0.15, 0.2) is 16.6 Å². The fraction of sp³-hybridized carbons (Fsp3) is 0.111. The Bertz CT molecular complexity index is 480. The molecule has 14 heavy (non-hydrogen) atoms. The maximum atomic E-state index is 10.7. The van der Waals surface area contributed by atoms with E-state index in [1.165, 1.54) is 0 Å². The highest BCUT2D eigenvalue weighted by Crippen LogP contribution is 2.21. The Morgan fingerprint density at radius 3 is 2.93 bits per heavy atom.